The van der Waals surface area contributed by atoms with E-state index in [-0.39, 0.29) is 31.3 Å². The number of fused-ring (bicyclic) bond motifs is 1. The monoisotopic (exact) mass is 416 g/mol. The second-order valence-electron chi connectivity index (χ2n) is 6.98. The van der Waals surface area contributed by atoms with Gasteiger partial charge in [0.2, 0.25) is 6.79 Å². The molecule has 2 aliphatic heterocycles. The Morgan fingerprint density at radius 3 is 2.66 bits per heavy atom. The standard InChI is InChI=1S/C21H21ClN2O5/c22-17-10-14(11-18-19(17)29-13-28-18)12-27-20(25)15-6-8-24(9-7-15)21(26)23-16-4-2-1-3-5-16/h1-5,10-11,15H,6-9,12-13H2,(H,23,26). The Labute approximate surface area is 173 Å². The molecule has 2 amide bonds. The van der Waals surface area contributed by atoms with E-state index in [1.807, 2.05) is 30.3 Å². The molecule has 29 heavy (non-hydrogen) atoms. The van der Waals surface area contributed by atoms with E-state index >= 15 is 0 Å². The van der Waals surface area contributed by atoms with E-state index in [1.165, 1.54) is 0 Å². The quantitative estimate of drug-likeness (QED) is 0.760. The Bertz CT molecular complexity index is 897. The van der Waals surface area contributed by atoms with Gasteiger partial charge in [0.25, 0.3) is 0 Å². The number of hydrogen-bond acceptors (Lipinski definition) is 5. The maximum Gasteiger partial charge on any atom is 0.321 e. The summed E-state index contributed by atoms with van der Waals surface area (Å²) in [6, 6.07) is 12.6. The average molecular weight is 417 g/mol. The number of piperidine rings is 1. The van der Waals surface area contributed by atoms with Crippen molar-refractivity contribution in [3.05, 3.63) is 53.1 Å². The zero-order valence-electron chi connectivity index (χ0n) is 15.7. The topological polar surface area (TPSA) is 77.1 Å². The number of ether oxygens (including phenoxy) is 3. The third-order valence-corrected chi connectivity index (χ3v) is 5.29. The molecule has 0 spiro atoms. The van der Waals surface area contributed by atoms with Gasteiger partial charge >= 0.3 is 12.0 Å². The summed E-state index contributed by atoms with van der Waals surface area (Å²) in [5.41, 5.74) is 1.49. The molecule has 4 rings (SSSR count). The van der Waals surface area contributed by atoms with Crippen LogP contribution in [0.25, 0.3) is 0 Å². The lowest BCUT2D eigenvalue weighted by atomic mass is 9.97. The minimum absolute atomic E-state index is 0.115. The minimum Gasteiger partial charge on any atom is -0.461 e. The van der Waals surface area contributed by atoms with Crippen molar-refractivity contribution in [2.45, 2.75) is 19.4 Å². The zero-order valence-corrected chi connectivity index (χ0v) is 16.5. The van der Waals surface area contributed by atoms with Crippen LogP contribution < -0.4 is 14.8 Å². The lowest BCUT2D eigenvalue weighted by Gasteiger charge is -2.31. The molecule has 0 radical (unpaired) electrons. The molecule has 2 aromatic rings. The number of benzene rings is 2. The van der Waals surface area contributed by atoms with E-state index in [0.29, 0.717) is 42.5 Å². The second kappa shape index (κ2) is 8.61. The molecule has 0 saturated carbocycles. The summed E-state index contributed by atoms with van der Waals surface area (Å²) in [7, 11) is 0. The van der Waals surface area contributed by atoms with Gasteiger partial charge in [0.15, 0.2) is 11.5 Å². The molecule has 8 heteroatoms. The first kappa shape index (κ1) is 19.4. The number of anilines is 1. The minimum atomic E-state index is -0.262. The summed E-state index contributed by atoms with van der Waals surface area (Å²) >= 11 is 6.15. The molecule has 152 valence electrons. The van der Waals surface area contributed by atoms with Crippen molar-refractivity contribution in [3.63, 3.8) is 0 Å². The van der Waals surface area contributed by atoms with Gasteiger partial charge in [-0.2, -0.15) is 0 Å². The molecule has 1 fully saturated rings. The smallest absolute Gasteiger partial charge is 0.321 e. The molecule has 1 saturated heterocycles. The Kier molecular flexibility index (Phi) is 5.76. The third kappa shape index (κ3) is 4.56. The Morgan fingerprint density at radius 1 is 1.14 bits per heavy atom. The number of urea groups is 1. The molecular formula is C21H21ClN2O5. The van der Waals surface area contributed by atoms with Gasteiger partial charge < -0.3 is 24.4 Å². The predicted molar refractivity (Wildman–Crippen MR) is 107 cm³/mol. The van der Waals surface area contributed by atoms with Crippen LogP contribution in [-0.4, -0.2) is 36.8 Å². The van der Waals surface area contributed by atoms with Gasteiger partial charge in [-0.05, 0) is 42.7 Å². The van der Waals surface area contributed by atoms with Gasteiger partial charge in [-0.1, -0.05) is 29.8 Å². The highest BCUT2D eigenvalue weighted by molar-refractivity contribution is 6.32. The van der Waals surface area contributed by atoms with E-state index in [1.54, 1.807) is 17.0 Å². The van der Waals surface area contributed by atoms with E-state index < -0.39 is 0 Å². The molecule has 0 aromatic heterocycles. The summed E-state index contributed by atoms with van der Waals surface area (Å²) < 4.78 is 16.1. The van der Waals surface area contributed by atoms with Crippen molar-refractivity contribution in [2.75, 3.05) is 25.2 Å². The van der Waals surface area contributed by atoms with E-state index in [9.17, 15) is 9.59 Å². The fourth-order valence-electron chi connectivity index (χ4n) is 3.42. The third-order valence-electron chi connectivity index (χ3n) is 5.01. The largest absolute Gasteiger partial charge is 0.461 e. The summed E-state index contributed by atoms with van der Waals surface area (Å²) in [5.74, 6) is 0.589. The predicted octanol–water partition coefficient (Wildman–Crippen LogP) is 4.06. The number of halogens is 1. The molecule has 7 nitrogen and oxygen atoms in total. The van der Waals surface area contributed by atoms with Crippen LogP contribution in [0.2, 0.25) is 5.02 Å². The highest BCUT2D eigenvalue weighted by Crippen LogP contribution is 2.40. The van der Waals surface area contributed by atoms with Crippen LogP contribution in [0.15, 0.2) is 42.5 Å². The number of amides is 2. The maximum absolute atomic E-state index is 12.4. The van der Waals surface area contributed by atoms with Crippen LogP contribution in [0.4, 0.5) is 10.5 Å². The van der Waals surface area contributed by atoms with Crippen LogP contribution in [0.3, 0.4) is 0 Å². The molecule has 0 aliphatic carbocycles. The molecule has 0 bridgehead atoms. The van der Waals surface area contributed by atoms with E-state index in [4.69, 9.17) is 25.8 Å². The lowest BCUT2D eigenvalue weighted by Crippen LogP contribution is -2.42. The zero-order chi connectivity index (χ0) is 20.2. The first-order valence-corrected chi connectivity index (χ1v) is 9.83. The molecule has 2 heterocycles. The molecule has 0 atom stereocenters. The van der Waals surface area contributed by atoms with Crippen molar-refractivity contribution < 1.29 is 23.8 Å². The van der Waals surface area contributed by atoms with Gasteiger partial charge in [-0.3, -0.25) is 4.79 Å². The summed E-state index contributed by atoms with van der Waals surface area (Å²) in [4.78, 5) is 26.5. The summed E-state index contributed by atoms with van der Waals surface area (Å²) in [6.45, 7) is 1.27. The summed E-state index contributed by atoms with van der Waals surface area (Å²) in [5, 5.41) is 3.30. The van der Waals surface area contributed by atoms with Crippen molar-refractivity contribution in [1.82, 2.24) is 4.90 Å². The number of rotatable bonds is 4. The van der Waals surface area contributed by atoms with Gasteiger partial charge in [0.05, 0.1) is 10.9 Å². The lowest BCUT2D eigenvalue weighted by molar-refractivity contribution is -0.151. The van der Waals surface area contributed by atoms with Crippen molar-refractivity contribution in [3.8, 4) is 11.5 Å². The van der Waals surface area contributed by atoms with Crippen molar-refractivity contribution in [2.24, 2.45) is 5.92 Å². The number of hydrogen-bond donors (Lipinski definition) is 1. The van der Waals surface area contributed by atoms with E-state index in [2.05, 4.69) is 5.32 Å². The fraction of sp³-hybridized carbons (Fsp3) is 0.333. The highest BCUT2D eigenvalue weighted by Gasteiger charge is 2.28. The number of nitrogens with zero attached hydrogens (tertiary/aromatic N) is 1. The molecule has 1 N–H and O–H groups in total. The van der Waals surface area contributed by atoms with Crippen LogP contribution in [0.5, 0.6) is 11.5 Å². The molecular weight excluding hydrogens is 396 g/mol. The van der Waals surface area contributed by atoms with Gasteiger partial charge in [-0.15, -0.1) is 0 Å². The normalized spacial score (nSPS) is 15.8. The van der Waals surface area contributed by atoms with Crippen LogP contribution in [-0.2, 0) is 16.1 Å². The van der Waals surface area contributed by atoms with Crippen LogP contribution >= 0.6 is 11.6 Å². The van der Waals surface area contributed by atoms with Gasteiger partial charge in [-0.25, -0.2) is 4.79 Å². The number of likely N-dealkylation sites (tertiary alicyclic amines) is 1. The SMILES string of the molecule is O=C(OCc1cc(Cl)c2c(c1)OCO2)C1CCN(C(=O)Nc2ccccc2)CC1. The Morgan fingerprint density at radius 2 is 1.90 bits per heavy atom. The average Bonchev–Trinajstić information content (AvgIpc) is 3.22. The first-order valence-electron chi connectivity index (χ1n) is 9.46. The van der Waals surface area contributed by atoms with Crippen LogP contribution in [0.1, 0.15) is 18.4 Å². The number of nitrogens with one attached hydrogen (secondary N) is 1. The maximum atomic E-state index is 12.4. The number of carbonyl (C=O) groups excluding carboxylic acids is 2. The van der Waals surface area contributed by atoms with Gasteiger partial charge in [0, 0.05) is 18.8 Å². The first-order chi connectivity index (χ1) is 14.1. The van der Waals surface area contributed by atoms with Crippen molar-refractivity contribution >= 4 is 29.3 Å². The fourth-order valence-corrected chi connectivity index (χ4v) is 3.71. The van der Waals surface area contributed by atoms with Crippen LogP contribution in [0, 0.1) is 5.92 Å². The summed E-state index contributed by atoms with van der Waals surface area (Å²) in [6.07, 6.45) is 1.14. The number of para-hydroxylation sites is 1. The Hall–Kier alpha value is -2.93. The van der Waals surface area contributed by atoms with Gasteiger partial charge in [0.1, 0.15) is 6.61 Å². The molecule has 2 aromatic carbocycles. The van der Waals surface area contributed by atoms with Crippen molar-refractivity contribution in [1.29, 1.82) is 0 Å². The van der Waals surface area contributed by atoms with E-state index in [0.717, 1.165) is 11.3 Å². The number of esters is 1. The highest BCUT2D eigenvalue weighted by atomic mass is 35.5. The number of carbonyl (C=O) groups is 2. The second-order valence-corrected chi connectivity index (χ2v) is 7.38. The molecule has 2 aliphatic rings. The Balaban J connectivity index is 1.25. The molecule has 0 unspecified atom stereocenters.